The van der Waals surface area contributed by atoms with Gasteiger partial charge >= 0.3 is 13.7 Å². The van der Waals surface area contributed by atoms with Crippen molar-refractivity contribution in [2.45, 2.75) is 71.1 Å². The van der Waals surface area contributed by atoms with E-state index in [1.807, 2.05) is 48.5 Å². The predicted molar refractivity (Wildman–Crippen MR) is 180 cm³/mol. The van der Waals surface area contributed by atoms with Gasteiger partial charge in [0, 0.05) is 11.7 Å². The van der Waals surface area contributed by atoms with E-state index in [1.165, 1.54) is 16.9 Å². The molecule has 1 N–H and O–H groups in total. The molecule has 1 aliphatic carbocycles. The molecule has 0 unspecified atom stereocenters. The van der Waals surface area contributed by atoms with Crippen molar-refractivity contribution in [1.82, 2.24) is 5.32 Å². The van der Waals surface area contributed by atoms with Gasteiger partial charge in [0.05, 0.1) is 19.3 Å². The molecule has 236 valence electrons. The maximum absolute atomic E-state index is 13.2. The van der Waals surface area contributed by atoms with Crippen molar-refractivity contribution in [3.63, 3.8) is 0 Å². The van der Waals surface area contributed by atoms with Crippen LogP contribution in [0.2, 0.25) is 18.1 Å². The van der Waals surface area contributed by atoms with Gasteiger partial charge in [-0.1, -0.05) is 87.5 Å². The predicted octanol–water partition coefficient (Wildman–Crippen LogP) is 9.30. The zero-order chi connectivity index (χ0) is 32.0. The molecule has 7 nitrogen and oxygen atoms in total. The van der Waals surface area contributed by atoms with Crippen molar-refractivity contribution in [2.24, 2.45) is 0 Å². The summed E-state index contributed by atoms with van der Waals surface area (Å²) in [5.74, 6) is 2.21. The van der Waals surface area contributed by atoms with Gasteiger partial charge in [0.25, 0.3) is 0 Å². The van der Waals surface area contributed by atoms with Crippen LogP contribution in [-0.2, 0) is 24.8 Å². The average molecular weight is 636 g/mol. The average Bonchev–Trinajstić information content (AvgIpc) is 3.29. The lowest BCUT2D eigenvalue weighted by Crippen LogP contribution is -2.43. The second-order valence-electron chi connectivity index (χ2n) is 12.5. The van der Waals surface area contributed by atoms with E-state index in [0.29, 0.717) is 6.42 Å². The van der Waals surface area contributed by atoms with Crippen LogP contribution in [0.3, 0.4) is 0 Å². The number of amides is 1. The van der Waals surface area contributed by atoms with E-state index in [1.54, 1.807) is 19.9 Å². The number of rotatable bonds is 13. The van der Waals surface area contributed by atoms with E-state index in [4.69, 9.17) is 18.2 Å². The minimum absolute atomic E-state index is 0.0493. The highest BCUT2D eigenvalue weighted by Gasteiger charge is 2.39. The Morgan fingerprint density at radius 3 is 1.98 bits per heavy atom. The summed E-state index contributed by atoms with van der Waals surface area (Å²) in [4.78, 5) is 13.2. The molecule has 1 atom stereocenters. The summed E-state index contributed by atoms with van der Waals surface area (Å²) in [7, 11) is -5.44. The van der Waals surface area contributed by atoms with Gasteiger partial charge in [-0.15, -0.1) is 0 Å². The SMILES string of the molecule is CCOP(=O)(C=C[C@H](Cc1ccc(O[Si](C)(C)C(C)(C)C)cc1)NC(=O)OCC1c2ccccc2-c2ccccc21)OCC. The second-order valence-corrected chi connectivity index (χ2v) is 19.1. The fraction of sp³-hybridized carbons (Fsp3) is 0.400. The van der Waals surface area contributed by atoms with Crippen molar-refractivity contribution in [3.05, 3.63) is 101 Å². The molecule has 0 fully saturated rings. The number of carbonyl (C=O) groups is 1. The third-order valence-electron chi connectivity index (χ3n) is 8.32. The minimum atomic E-state index is -3.46. The fourth-order valence-electron chi connectivity index (χ4n) is 5.05. The van der Waals surface area contributed by atoms with Crippen LogP contribution in [-0.4, -0.2) is 40.3 Å². The molecule has 0 bridgehead atoms. The monoisotopic (exact) mass is 635 g/mol. The summed E-state index contributed by atoms with van der Waals surface area (Å²) in [6, 6.07) is 23.9. The maximum atomic E-state index is 13.2. The van der Waals surface area contributed by atoms with E-state index >= 15 is 0 Å². The standard InChI is InChI=1S/C35H46NO6PSi/c1-8-40-43(38,41-9-2)23-22-27(24-26-18-20-28(21-19-26)42-44(6,7)35(3,4)5)36-34(37)39-25-33-31-16-12-10-14-29(31)30-15-11-13-17-32(30)33/h10-23,27,33H,8-9,24-25H2,1-7H3,(H,36,37)/t27-/m1/s1. The van der Waals surface area contributed by atoms with Crippen LogP contribution >= 0.6 is 7.60 Å². The van der Waals surface area contributed by atoms with E-state index in [2.05, 4.69) is 63.4 Å². The van der Waals surface area contributed by atoms with Gasteiger partial charge in [-0.2, -0.15) is 0 Å². The molecule has 3 aromatic rings. The van der Waals surface area contributed by atoms with Gasteiger partial charge in [0.15, 0.2) is 0 Å². The largest absolute Gasteiger partial charge is 0.544 e. The lowest BCUT2D eigenvalue weighted by atomic mass is 9.98. The lowest BCUT2D eigenvalue weighted by Gasteiger charge is -2.36. The van der Waals surface area contributed by atoms with E-state index in [-0.39, 0.29) is 30.8 Å². The Bertz CT molecular complexity index is 1440. The zero-order valence-corrected chi connectivity index (χ0v) is 28.9. The van der Waals surface area contributed by atoms with Crippen molar-refractivity contribution in [1.29, 1.82) is 0 Å². The van der Waals surface area contributed by atoms with Crippen LogP contribution in [0.25, 0.3) is 11.1 Å². The molecule has 0 heterocycles. The normalized spacial score (nSPS) is 14.2. The molecule has 0 aliphatic heterocycles. The topological polar surface area (TPSA) is 83.1 Å². The number of ether oxygens (including phenoxy) is 1. The van der Waals surface area contributed by atoms with Crippen molar-refractivity contribution in [3.8, 4) is 16.9 Å². The number of hydrogen-bond donors (Lipinski definition) is 1. The van der Waals surface area contributed by atoms with Gasteiger partial charge < -0.3 is 23.5 Å². The van der Waals surface area contributed by atoms with Crippen LogP contribution in [0.5, 0.6) is 5.75 Å². The number of carbonyl (C=O) groups excluding carboxylic acids is 1. The highest BCUT2D eigenvalue weighted by Crippen LogP contribution is 2.49. The summed E-state index contributed by atoms with van der Waals surface area (Å²) in [5, 5.41) is 3.05. The highest BCUT2D eigenvalue weighted by molar-refractivity contribution is 7.57. The summed E-state index contributed by atoms with van der Waals surface area (Å²) in [5.41, 5.74) is 5.60. The fourth-order valence-corrected chi connectivity index (χ4v) is 7.46. The zero-order valence-electron chi connectivity index (χ0n) is 27.0. The number of nitrogens with one attached hydrogen (secondary N) is 1. The molecule has 0 aromatic heterocycles. The first-order valence-electron chi connectivity index (χ1n) is 15.3. The van der Waals surface area contributed by atoms with Gasteiger partial charge in [-0.05, 0) is 78.4 Å². The van der Waals surface area contributed by atoms with Gasteiger partial charge in [0.2, 0.25) is 8.32 Å². The first kappa shape index (κ1) is 33.7. The maximum Gasteiger partial charge on any atom is 0.407 e. The molecule has 4 rings (SSSR count). The Labute approximate surface area is 263 Å². The van der Waals surface area contributed by atoms with Crippen molar-refractivity contribution < 1.29 is 27.6 Å². The third-order valence-corrected chi connectivity index (χ3v) is 14.5. The molecule has 0 radical (unpaired) electrons. The van der Waals surface area contributed by atoms with E-state index in [9.17, 15) is 9.36 Å². The lowest BCUT2D eigenvalue weighted by molar-refractivity contribution is 0.140. The van der Waals surface area contributed by atoms with Crippen molar-refractivity contribution in [2.75, 3.05) is 19.8 Å². The van der Waals surface area contributed by atoms with Gasteiger partial charge in [-0.25, -0.2) is 4.79 Å². The Morgan fingerprint density at radius 1 is 0.909 bits per heavy atom. The highest BCUT2D eigenvalue weighted by atomic mass is 31.2. The number of alkyl carbamates (subject to hydrolysis) is 1. The molecule has 1 aliphatic rings. The minimum Gasteiger partial charge on any atom is -0.544 e. The molecular formula is C35H46NO6PSi. The van der Waals surface area contributed by atoms with Crippen LogP contribution in [0, 0.1) is 0 Å². The molecule has 44 heavy (non-hydrogen) atoms. The summed E-state index contributed by atoms with van der Waals surface area (Å²) in [6.07, 6.45) is 1.56. The Kier molecular flexibility index (Phi) is 11.0. The van der Waals surface area contributed by atoms with E-state index < -0.39 is 28.0 Å². The molecule has 1 amide bonds. The smallest absolute Gasteiger partial charge is 0.407 e. The van der Waals surface area contributed by atoms with Gasteiger partial charge in [0.1, 0.15) is 12.4 Å². The van der Waals surface area contributed by atoms with Crippen molar-refractivity contribution >= 4 is 22.0 Å². The molecule has 9 heteroatoms. The summed E-state index contributed by atoms with van der Waals surface area (Å²) in [6.45, 7) is 15.3. The van der Waals surface area contributed by atoms with Crippen LogP contribution in [0.4, 0.5) is 4.79 Å². The Hall–Kier alpha value is -3.16. The summed E-state index contributed by atoms with van der Waals surface area (Å²) >= 11 is 0. The molecule has 0 saturated heterocycles. The van der Waals surface area contributed by atoms with Crippen LogP contribution in [0.15, 0.2) is 84.7 Å². The van der Waals surface area contributed by atoms with Gasteiger partial charge in [-0.3, -0.25) is 4.57 Å². The Morgan fingerprint density at radius 2 is 1.45 bits per heavy atom. The second kappa shape index (κ2) is 14.3. The first-order valence-corrected chi connectivity index (χ1v) is 19.9. The molecule has 0 spiro atoms. The summed E-state index contributed by atoms with van der Waals surface area (Å²) < 4.78 is 36.3. The number of fused-ring (bicyclic) bond motifs is 3. The molecule has 3 aromatic carbocycles. The van der Waals surface area contributed by atoms with E-state index in [0.717, 1.165) is 22.4 Å². The quantitative estimate of drug-likeness (QED) is 0.149. The molecule has 0 saturated carbocycles. The number of hydrogen-bond acceptors (Lipinski definition) is 6. The van der Waals surface area contributed by atoms with Crippen LogP contribution in [0.1, 0.15) is 57.2 Å². The third kappa shape index (κ3) is 8.30. The Balaban J connectivity index is 1.49. The molecular weight excluding hydrogens is 589 g/mol. The first-order chi connectivity index (χ1) is 20.9. The van der Waals surface area contributed by atoms with Crippen LogP contribution < -0.4 is 9.74 Å². The number of benzene rings is 3.